The van der Waals surface area contributed by atoms with Crippen molar-refractivity contribution in [3.63, 3.8) is 0 Å². The molecule has 1 saturated heterocycles. The number of imidazole rings is 1. The zero-order valence-corrected chi connectivity index (χ0v) is 24.2. The molecular weight excluding hydrogens is 520 g/mol. The van der Waals surface area contributed by atoms with Gasteiger partial charge in [0.25, 0.3) is 0 Å². The van der Waals surface area contributed by atoms with E-state index in [9.17, 15) is 14.4 Å². The van der Waals surface area contributed by atoms with E-state index in [0.29, 0.717) is 18.7 Å². The highest BCUT2D eigenvalue weighted by molar-refractivity contribution is 5.97. The molecule has 41 heavy (non-hydrogen) atoms. The summed E-state index contributed by atoms with van der Waals surface area (Å²) in [5, 5.41) is 5.46. The van der Waals surface area contributed by atoms with Crippen LogP contribution in [0.1, 0.15) is 50.7 Å². The van der Waals surface area contributed by atoms with Gasteiger partial charge in [0, 0.05) is 13.1 Å². The number of nitrogens with zero attached hydrogens (tertiary/aromatic N) is 2. The molecule has 0 aliphatic carbocycles. The van der Waals surface area contributed by atoms with E-state index < -0.39 is 11.6 Å². The maximum atomic E-state index is 12.5. The van der Waals surface area contributed by atoms with Gasteiger partial charge in [-0.2, -0.15) is 0 Å². The zero-order chi connectivity index (χ0) is 29.7. The van der Waals surface area contributed by atoms with E-state index in [4.69, 9.17) is 10.5 Å². The Balaban J connectivity index is 0.000000248. The number of hydrogen-bond acceptors (Lipinski definition) is 6. The van der Waals surface area contributed by atoms with E-state index in [-0.39, 0.29) is 17.7 Å². The second-order valence-electron chi connectivity index (χ2n) is 10.7. The number of hydrogen-bond donors (Lipinski definition) is 4. The Morgan fingerprint density at radius 3 is 2.32 bits per heavy atom. The normalized spacial score (nSPS) is 13.5. The average molecular weight is 563 g/mol. The Labute approximate surface area is 242 Å². The van der Waals surface area contributed by atoms with E-state index in [1.807, 2.05) is 59.5 Å². The van der Waals surface area contributed by atoms with Gasteiger partial charge in [-0.05, 0) is 69.2 Å². The number of nitrogens with one attached hydrogen (secondary N) is 3. The van der Waals surface area contributed by atoms with E-state index in [2.05, 4.69) is 20.6 Å². The van der Waals surface area contributed by atoms with Crippen LogP contribution in [0.15, 0.2) is 67.1 Å². The van der Waals surface area contributed by atoms with Crippen molar-refractivity contribution in [3.8, 4) is 5.75 Å². The predicted molar refractivity (Wildman–Crippen MR) is 159 cm³/mol. The van der Waals surface area contributed by atoms with Crippen LogP contribution >= 0.6 is 0 Å². The van der Waals surface area contributed by atoms with Crippen LogP contribution in [0.4, 0.5) is 5.82 Å². The number of aromatic nitrogens is 2. The monoisotopic (exact) mass is 562 g/mol. The van der Waals surface area contributed by atoms with Gasteiger partial charge < -0.3 is 31.0 Å². The molecule has 10 heteroatoms. The SMILES string of the molecule is CC(C)(N)C(=O)NC(CCCc1ccccc1)C(=O)Nc1cnc[nH]1.COc1ccc(CC(=O)N2CCCC2)cc1. The van der Waals surface area contributed by atoms with Gasteiger partial charge in [0.1, 0.15) is 17.6 Å². The first-order valence-electron chi connectivity index (χ1n) is 14.0. The van der Waals surface area contributed by atoms with Crippen molar-refractivity contribution in [2.24, 2.45) is 5.73 Å². The Bertz CT molecular complexity index is 1220. The molecule has 0 spiro atoms. The summed E-state index contributed by atoms with van der Waals surface area (Å²) in [4.78, 5) is 45.2. The highest BCUT2D eigenvalue weighted by Gasteiger charge is 2.28. The Morgan fingerprint density at radius 2 is 1.73 bits per heavy atom. The molecule has 1 aromatic heterocycles. The maximum Gasteiger partial charge on any atom is 0.248 e. The molecular formula is C31H42N6O4. The fraction of sp³-hybridized carbons (Fsp3) is 0.419. The summed E-state index contributed by atoms with van der Waals surface area (Å²) in [5.41, 5.74) is 7.02. The summed E-state index contributed by atoms with van der Waals surface area (Å²) in [6, 6.07) is 17.0. The lowest BCUT2D eigenvalue weighted by molar-refractivity contribution is -0.129. The highest BCUT2D eigenvalue weighted by Crippen LogP contribution is 2.14. The number of amides is 3. The molecule has 2 heterocycles. The molecule has 1 unspecified atom stereocenters. The van der Waals surface area contributed by atoms with Crippen LogP contribution in [0.2, 0.25) is 0 Å². The number of methoxy groups -OCH3 is 1. The summed E-state index contributed by atoms with van der Waals surface area (Å²) in [6.07, 6.45) is 7.88. The number of aryl methyl sites for hydroxylation is 1. The molecule has 10 nitrogen and oxygen atoms in total. The number of nitrogens with two attached hydrogens (primary N) is 1. The van der Waals surface area contributed by atoms with Crippen molar-refractivity contribution >= 4 is 23.5 Å². The number of benzene rings is 2. The van der Waals surface area contributed by atoms with Gasteiger partial charge in [0.2, 0.25) is 17.7 Å². The summed E-state index contributed by atoms with van der Waals surface area (Å²) >= 11 is 0. The number of anilines is 1. The minimum absolute atomic E-state index is 0.239. The molecule has 1 fully saturated rings. The lowest BCUT2D eigenvalue weighted by Gasteiger charge is -2.23. The number of H-pyrrole nitrogens is 1. The van der Waals surface area contributed by atoms with Gasteiger partial charge in [-0.1, -0.05) is 42.5 Å². The molecule has 4 rings (SSSR count). The van der Waals surface area contributed by atoms with Gasteiger partial charge >= 0.3 is 0 Å². The first kappa shape index (κ1) is 31.3. The second-order valence-corrected chi connectivity index (χ2v) is 10.7. The van der Waals surface area contributed by atoms with Gasteiger partial charge in [0.05, 0.1) is 31.6 Å². The number of rotatable bonds is 11. The molecule has 1 aliphatic rings. The van der Waals surface area contributed by atoms with Crippen molar-refractivity contribution in [2.75, 3.05) is 25.5 Å². The molecule has 5 N–H and O–H groups in total. The topological polar surface area (TPSA) is 142 Å². The van der Waals surface area contributed by atoms with Crippen LogP contribution in [-0.2, 0) is 27.2 Å². The molecule has 2 aromatic carbocycles. The second kappa shape index (κ2) is 15.6. The lowest BCUT2D eigenvalue weighted by atomic mass is 10.0. The maximum absolute atomic E-state index is 12.5. The number of carbonyl (C=O) groups excluding carboxylic acids is 3. The zero-order valence-electron chi connectivity index (χ0n) is 24.2. The van der Waals surface area contributed by atoms with Gasteiger partial charge in [-0.15, -0.1) is 0 Å². The van der Waals surface area contributed by atoms with E-state index in [1.165, 1.54) is 18.1 Å². The van der Waals surface area contributed by atoms with Crippen LogP contribution in [0, 0.1) is 0 Å². The fourth-order valence-electron chi connectivity index (χ4n) is 4.31. The van der Waals surface area contributed by atoms with Gasteiger partial charge in [0.15, 0.2) is 0 Å². The molecule has 220 valence electrons. The number of aromatic amines is 1. The summed E-state index contributed by atoms with van der Waals surface area (Å²) in [5.74, 6) is 0.895. The minimum Gasteiger partial charge on any atom is -0.497 e. The predicted octanol–water partition coefficient (Wildman–Crippen LogP) is 3.45. The van der Waals surface area contributed by atoms with Crippen molar-refractivity contribution in [2.45, 2.75) is 64.0 Å². The Kier molecular flexibility index (Phi) is 11.9. The van der Waals surface area contributed by atoms with Crippen LogP contribution < -0.4 is 21.1 Å². The van der Waals surface area contributed by atoms with E-state index in [0.717, 1.165) is 50.1 Å². The standard InChI is InChI=1S/C18H25N5O2.C13H17NO2/c1-18(2,19)17(25)22-14(16(24)23-15-11-20-12-21-15)10-6-9-13-7-4-3-5-8-13;1-16-12-6-4-11(5-7-12)10-13(15)14-8-2-3-9-14/h3-5,7-8,11-12,14H,6,9-10,19H2,1-2H3,(H,20,21)(H,22,25)(H,23,24);4-7H,2-3,8-10H2,1H3. The third-order valence-electron chi connectivity index (χ3n) is 6.74. The first-order chi connectivity index (χ1) is 19.7. The number of carbonyl (C=O) groups is 3. The van der Waals surface area contributed by atoms with Crippen molar-refractivity contribution in [1.82, 2.24) is 20.2 Å². The summed E-state index contributed by atoms with van der Waals surface area (Å²) in [6.45, 7) is 5.07. The molecule has 3 aromatic rings. The molecule has 1 atom stereocenters. The van der Waals surface area contributed by atoms with Crippen molar-refractivity contribution in [1.29, 1.82) is 0 Å². The van der Waals surface area contributed by atoms with Crippen molar-refractivity contribution in [3.05, 3.63) is 78.2 Å². The van der Waals surface area contributed by atoms with Gasteiger partial charge in [-0.25, -0.2) is 4.98 Å². The largest absolute Gasteiger partial charge is 0.497 e. The molecule has 1 aliphatic heterocycles. The van der Waals surface area contributed by atoms with Gasteiger partial charge in [-0.3, -0.25) is 14.4 Å². The van der Waals surface area contributed by atoms with Crippen molar-refractivity contribution < 1.29 is 19.1 Å². The lowest BCUT2D eigenvalue weighted by Crippen LogP contribution is -2.54. The van der Waals surface area contributed by atoms with Crippen LogP contribution in [0.25, 0.3) is 0 Å². The average Bonchev–Trinajstić information content (AvgIpc) is 3.68. The Hall–Kier alpha value is -4.18. The van der Waals surface area contributed by atoms with Crippen LogP contribution in [0.5, 0.6) is 5.75 Å². The minimum atomic E-state index is -1.05. The summed E-state index contributed by atoms with van der Waals surface area (Å²) < 4.78 is 5.08. The third kappa shape index (κ3) is 10.7. The summed E-state index contributed by atoms with van der Waals surface area (Å²) in [7, 11) is 1.64. The van der Waals surface area contributed by atoms with E-state index >= 15 is 0 Å². The Morgan fingerprint density at radius 1 is 1.05 bits per heavy atom. The van der Waals surface area contributed by atoms with Crippen LogP contribution in [-0.4, -0.2) is 64.4 Å². The fourth-order valence-corrected chi connectivity index (χ4v) is 4.31. The quantitative estimate of drug-likeness (QED) is 0.282. The molecule has 0 bridgehead atoms. The van der Waals surface area contributed by atoms with Crippen LogP contribution in [0.3, 0.4) is 0 Å². The first-order valence-corrected chi connectivity index (χ1v) is 14.0. The number of ether oxygens (including phenoxy) is 1. The number of likely N-dealkylation sites (tertiary alicyclic amines) is 1. The molecule has 0 radical (unpaired) electrons. The third-order valence-corrected chi connectivity index (χ3v) is 6.74. The highest BCUT2D eigenvalue weighted by atomic mass is 16.5. The molecule has 0 saturated carbocycles. The molecule has 3 amide bonds. The van der Waals surface area contributed by atoms with E-state index in [1.54, 1.807) is 21.0 Å². The smallest absolute Gasteiger partial charge is 0.248 e.